The Kier molecular flexibility index (Phi) is 3.82. The molecule has 2 aliphatic heterocycles. The highest BCUT2D eigenvalue weighted by Crippen LogP contribution is 2.20. The van der Waals surface area contributed by atoms with Crippen molar-refractivity contribution in [3.05, 3.63) is 0 Å². The first-order valence-corrected chi connectivity index (χ1v) is 6.14. The van der Waals surface area contributed by atoms with Gasteiger partial charge in [0.25, 0.3) is 0 Å². The molecule has 0 aromatic carbocycles. The van der Waals surface area contributed by atoms with Crippen molar-refractivity contribution in [2.45, 2.75) is 32.6 Å². The summed E-state index contributed by atoms with van der Waals surface area (Å²) in [6.45, 7) is 8.29. The van der Waals surface area contributed by atoms with E-state index < -0.39 is 0 Å². The molecular weight excluding hydrogens is 174 g/mol. The van der Waals surface area contributed by atoms with Crippen LogP contribution in [0.2, 0.25) is 0 Å². The Morgan fingerprint density at radius 1 is 1.21 bits per heavy atom. The van der Waals surface area contributed by atoms with Crippen molar-refractivity contribution in [3.8, 4) is 0 Å². The summed E-state index contributed by atoms with van der Waals surface area (Å²) in [6, 6.07) is 0. The van der Waals surface area contributed by atoms with Crippen molar-refractivity contribution in [3.63, 3.8) is 0 Å². The molecule has 0 saturated carbocycles. The van der Waals surface area contributed by atoms with Gasteiger partial charge in [0, 0.05) is 13.2 Å². The van der Waals surface area contributed by atoms with E-state index in [9.17, 15) is 0 Å². The lowest BCUT2D eigenvalue weighted by Crippen LogP contribution is -2.38. The van der Waals surface area contributed by atoms with Crippen molar-refractivity contribution >= 4 is 0 Å². The number of hydrogen-bond acceptors (Lipinski definition) is 2. The van der Waals surface area contributed by atoms with E-state index >= 15 is 0 Å². The molecule has 0 aromatic rings. The normalized spacial score (nSPS) is 31.9. The summed E-state index contributed by atoms with van der Waals surface area (Å²) in [4.78, 5) is 2.64. The van der Waals surface area contributed by atoms with Gasteiger partial charge in [-0.1, -0.05) is 6.92 Å². The van der Waals surface area contributed by atoms with Gasteiger partial charge >= 0.3 is 0 Å². The standard InChI is InChI=1S/C12H23NO/c1-11-4-6-13(7-5-11)9-12-3-2-8-14-10-12/h11-12H,2-10H2,1H3. The predicted octanol–water partition coefficient (Wildman–Crippen LogP) is 2.14. The number of likely N-dealkylation sites (tertiary alicyclic amines) is 1. The summed E-state index contributed by atoms with van der Waals surface area (Å²) in [6.07, 6.45) is 5.45. The Balaban J connectivity index is 1.68. The van der Waals surface area contributed by atoms with Gasteiger partial charge in [-0.15, -0.1) is 0 Å². The average Bonchev–Trinajstić information content (AvgIpc) is 2.23. The summed E-state index contributed by atoms with van der Waals surface area (Å²) >= 11 is 0. The van der Waals surface area contributed by atoms with Crippen molar-refractivity contribution in [1.29, 1.82) is 0 Å². The molecular formula is C12H23NO. The van der Waals surface area contributed by atoms with E-state index in [2.05, 4.69) is 11.8 Å². The molecule has 0 aliphatic carbocycles. The van der Waals surface area contributed by atoms with Crippen LogP contribution in [0.25, 0.3) is 0 Å². The van der Waals surface area contributed by atoms with Crippen molar-refractivity contribution in [2.75, 3.05) is 32.8 Å². The van der Waals surface area contributed by atoms with Crippen LogP contribution in [-0.4, -0.2) is 37.7 Å². The second-order valence-corrected chi connectivity index (χ2v) is 5.07. The Labute approximate surface area is 87.6 Å². The molecule has 1 unspecified atom stereocenters. The van der Waals surface area contributed by atoms with Crippen molar-refractivity contribution in [2.24, 2.45) is 11.8 Å². The van der Waals surface area contributed by atoms with Gasteiger partial charge in [-0.05, 0) is 50.6 Å². The number of rotatable bonds is 2. The zero-order chi connectivity index (χ0) is 9.80. The predicted molar refractivity (Wildman–Crippen MR) is 58.4 cm³/mol. The molecule has 1 atom stereocenters. The largest absolute Gasteiger partial charge is 0.381 e. The van der Waals surface area contributed by atoms with Crippen LogP contribution in [0.3, 0.4) is 0 Å². The fraction of sp³-hybridized carbons (Fsp3) is 1.00. The maximum Gasteiger partial charge on any atom is 0.0506 e. The highest BCUT2D eigenvalue weighted by Gasteiger charge is 2.20. The van der Waals surface area contributed by atoms with Gasteiger partial charge in [-0.2, -0.15) is 0 Å². The van der Waals surface area contributed by atoms with Gasteiger partial charge < -0.3 is 9.64 Å². The van der Waals surface area contributed by atoms with Crippen LogP contribution in [0, 0.1) is 11.8 Å². The van der Waals surface area contributed by atoms with Crippen molar-refractivity contribution < 1.29 is 4.74 Å². The van der Waals surface area contributed by atoms with E-state index in [1.165, 1.54) is 45.3 Å². The average molecular weight is 197 g/mol. The van der Waals surface area contributed by atoms with E-state index in [0.717, 1.165) is 25.0 Å². The Hall–Kier alpha value is -0.0800. The van der Waals surface area contributed by atoms with Gasteiger partial charge in [0.1, 0.15) is 0 Å². The third kappa shape index (κ3) is 2.96. The Morgan fingerprint density at radius 3 is 2.64 bits per heavy atom. The summed E-state index contributed by atoms with van der Waals surface area (Å²) in [7, 11) is 0. The van der Waals surface area contributed by atoms with Crippen molar-refractivity contribution in [1.82, 2.24) is 4.90 Å². The second kappa shape index (κ2) is 5.13. The Bertz CT molecular complexity index is 158. The molecule has 0 N–H and O–H groups in total. The quantitative estimate of drug-likeness (QED) is 0.672. The van der Waals surface area contributed by atoms with Gasteiger partial charge in [0.15, 0.2) is 0 Å². The molecule has 0 radical (unpaired) electrons. The monoisotopic (exact) mass is 197 g/mol. The van der Waals surface area contributed by atoms with Gasteiger partial charge in [0.2, 0.25) is 0 Å². The van der Waals surface area contributed by atoms with Crippen LogP contribution in [-0.2, 0) is 4.74 Å². The third-order valence-corrected chi connectivity index (χ3v) is 3.65. The molecule has 2 aliphatic rings. The molecule has 0 spiro atoms. The maximum atomic E-state index is 5.52. The van der Waals surface area contributed by atoms with Crippen LogP contribution in [0.1, 0.15) is 32.6 Å². The molecule has 2 rings (SSSR count). The molecule has 14 heavy (non-hydrogen) atoms. The highest BCUT2D eigenvalue weighted by atomic mass is 16.5. The molecule has 2 nitrogen and oxygen atoms in total. The maximum absolute atomic E-state index is 5.52. The molecule has 2 heteroatoms. The topological polar surface area (TPSA) is 12.5 Å². The smallest absolute Gasteiger partial charge is 0.0506 e. The van der Waals surface area contributed by atoms with E-state index in [1.807, 2.05) is 0 Å². The zero-order valence-corrected chi connectivity index (χ0v) is 9.37. The lowest BCUT2D eigenvalue weighted by molar-refractivity contribution is 0.0332. The molecule has 0 amide bonds. The lowest BCUT2D eigenvalue weighted by Gasteiger charge is -2.34. The minimum Gasteiger partial charge on any atom is -0.381 e. The number of piperidine rings is 1. The minimum atomic E-state index is 0.817. The molecule has 0 aromatic heterocycles. The summed E-state index contributed by atoms with van der Waals surface area (Å²) < 4.78 is 5.52. The molecule has 2 fully saturated rings. The fourth-order valence-electron chi connectivity index (χ4n) is 2.56. The van der Waals surface area contributed by atoms with Crippen LogP contribution < -0.4 is 0 Å². The zero-order valence-electron chi connectivity index (χ0n) is 9.37. The van der Waals surface area contributed by atoms with Crippen LogP contribution in [0.5, 0.6) is 0 Å². The van der Waals surface area contributed by atoms with Gasteiger partial charge in [-0.3, -0.25) is 0 Å². The Morgan fingerprint density at radius 2 is 2.00 bits per heavy atom. The SMILES string of the molecule is CC1CCN(CC2CCCOC2)CC1. The fourth-order valence-corrected chi connectivity index (χ4v) is 2.56. The molecule has 2 saturated heterocycles. The van der Waals surface area contributed by atoms with Crippen LogP contribution in [0.15, 0.2) is 0 Å². The molecule has 82 valence electrons. The van der Waals surface area contributed by atoms with Crippen LogP contribution in [0.4, 0.5) is 0 Å². The number of ether oxygens (including phenoxy) is 1. The molecule has 0 bridgehead atoms. The first-order chi connectivity index (χ1) is 6.84. The van der Waals surface area contributed by atoms with E-state index in [0.29, 0.717) is 0 Å². The summed E-state index contributed by atoms with van der Waals surface area (Å²) in [5.41, 5.74) is 0. The second-order valence-electron chi connectivity index (χ2n) is 5.07. The molecule has 2 heterocycles. The first-order valence-electron chi connectivity index (χ1n) is 6.14. The lowest BCUT2D eigenvalue weighted by atomic mass is 9.96. The summed E-state index contributed by atoms with van der Waals surface area (Å²) in [5.74, 6) is 1.77. The van der Waals surface area contributed by atoms with Crippen LogP contribution >= 0.6 is 0 Å². The van der Waals surface area contributed by atoms with Gasteiger partial charge in [-0.25, -0.2) is 0 Å². The highest BCUT2D eigenvalue weighted by molar-refractivity contribution is 4.73. The van der Waals surface area contributed by atoms with E-state index in [4.69, 9.17) is 4.74 Å². The van der Waals surface area contributed by atoms with Gasteiger partial charge in [0.05, 0.1) is 6.61 Å². The minimum absolute atomic E-state index is 0.817. The van der Waals surface area contributed by atoms with E-state index in [-0.39, 0.29) is 0 Å². The number of nitrogens with zero attached hydrogens (tertiary/aromatic N) is 1. The number of hydrogen-bond donors (Lipinski definition) is 0. The third-order valence-electron chi connectivity index (χ3n) is 3.65. The van der Waals surface area contributed by atoms with E-state index in [1.54, 1.807) is 0 Å². The first kappa shape index (κ1) is 10.4. The summed E-state index contributed by atoms with van der Waals surface area (Å²) in [5, 5.41) is 0.